The minimum absolute atomic E-state index is 0.160. The van der Waals surface area contributed by atoms with E-state index >= 15 is 0 Å². The molecular weight excluding hydrogens is 470 g/mol. The highest BCUT2D eigenvalue weighted by molar-refractivity contribution is 5.84. The molecule has 0 fully saturated rings. The van der Waals surface area contributed by atoms with Crippen LogP contribution in [-0.2, 0) is 43.2 Å². The number of ether oxygens (including phenoxy) is 3. The number of fused-ring (bicyclic) bond motifs is 1. The number of carbonyl (C=O) groups excluding carboxylic acids is 2. The van der Waals surface area contributed by atoms with Crippen molar-refractivity contribution in [2.24, 2.45) is 0 Å². The molecule has 3 aromatic rings. The molecule has 0 aliphatic carbocycles. The number of rotatable bonds is 12. The largest absolute Gasteiger partial charge is 0.466 e. The number of pyridine rings is 1. The fraction of sp³-hybridized carbons (Fsp3) is 0.517. The van der Waals surface area contributed by atoms with Gasteiger partial charge in [-0.1, -0.05) is 6.92 Å². The van der Waals surface area contributed by atoms with Crippen molar-refractivity contribution in [1.82, 2.24) is 14.6 Å². The van der Waals surface area contributed by atoms with Gasteiger partial charge in [0.15, 0.2) is 0 Å². The smallest absolute Gasteiger partial charge is 0.332 e. The van der Waals surface area contributed by atoms with Crippen LogP contribution in [0.3, 0.4) is 0 Å². The maximum Gasteiger partial charge on any atom is 0.332 e. The van der Waals surface area contributed by atoms with E-state index in [9.17, 15) is 9.59 Å². The Labute approximate surface area is 219 Å². The second-order valence-electron chi connectivity index (χ2n) is 10.1. The van der Waals surface area contributed by atoms with Crippen LogP contribution in [0.5, 0.6) is 0 Å². The number of aryl methyl sites for hydroxylation is 2. The molecular formula is C29H39N3O5. The Morgan fingerprint density at radius 3 is 2.51 bits per heavy atom. The van der Waals surface area contributed by atoms with Crippen molar-refractivity contribution in [2.75, 3.05) is 13.2 Å². The summed E-state index contributed by atoms with van der Waals surface area (Å²) in [6.07, 6.45) is 7.09. The maximum absolute atomic E-state index is 12.2. The second-order valence-corrected chi connectivity index (χ2v) is 10.1. The fourth-order valence-electron chi connectivity index (χ4n) is 4.33. The van der Waals surface area contributed by atoms with Gasteiger partial charge in [-0.15, -0.1) is 0 Å². The molecule has 200 valence electrons. The summed E-state index contributed by atoms with van der Waals surface area (Å²) in [5, 5.41) is 4.96. The standard InChI is InChI=1S/C29H39N3O5/c1-7-22-13-14-25-28(21-15-20(3)16-30-17-21)23(11-9-10-12-26(33)36-8-2)24(31-32(22)25)18-35-19-27(34)37-29(4,5)6/h13-17H,7-12,18-19H2,1-6H3. The number of aromatic nitrogens is 3. The van der Waals surface area contributed by atoms with E-state index in [1.165, 1.54) is 0 Å². The van der Waals surface area contributed by atoms with Crippen LogP contribution in [0.2, 0.25) is 0 Å². The van der Waals surface area contributed by atoms with Crippen molar-refractivity contribution >= 4 is 17.5 Å². The Morgan fingerprint density at radius 2 is 1.84 bits per heavy atom. The van der Waals surface area contributed by atoms with Gasteiger partial charge in [0, 0.05) is 35.6 Å². The predicted octanol–water partition coefficient (Wildman–Crippen LogP) is 5.40. The quantitative estimate of drug-likeness (QED) is 0.238. The second kappa shape index (κ2) is 12.8. The summed E-state index contributed by atoms with van der Waals surface area (Å²) in [5.74, 6) is -0.595. The summed E-state index contributed by atoms with van der Waals surface area (Å²) >= 11 is 0. The third-order valence-electron chi connectivity index (χ3n) is 5.83. The number of hydrogen-bond acceptors (Lipinski definition) is 7. The van der Waals surface area contributed by atoms with Gasteiger partial charge in [0.2, 0.25) is 0 Å². The number of unbranched alkanes of at least 4 members (excludes halogenated alkanes) is 1. The van der Waals surface area contributed by atoms with E-state index in [0.29, 0.717) is 25.9 Å². The molecule has 0 radical (unpaired) electrons. The summed E-state index contributed by atoms with van der Waals surface area (Å²) in [4.78, 5) is 28.5. The van der Waals surface area contributed by atoms with Crippen molar-refractivity contribution in [3.05, 3.63) is 53.1 Å². The molecule has 0 bridgehead atoms. The Kier molecular flexibility index (Phi) is 9.80. The number of carbonyl (C=O) groups is 2. The van der Waals surface area contributed by atoms with E-state index < -0.39 is 11.6 Å². The zero-order valence-corrected chi connectivity index (χ0v) is 22.9. The molecule has 3 rings (SSSR count). The Morgan fingerprint density at radius 1 is 1.05 bits per heavy atom. The van der Waals surface area contributed by atoms with Crippen LogP contribution in [0, 0.1) is 6.92 Å². The van der Waals surface area contributed by atoms with E-state index in [1.54, 1.807) is 0 Å². The summed E-state index contributed by atoms with van der Waals surface area (Å²) in [6.45, 7) is 11.8. The minimum atomic E-state index is -0.575. The molecule has 0 atom stereocenters. The van der Waals surface area contributed by atoms with Gasteiger partial charge in [0.25, 0.3) is 0 Å². The zero-order chi connectivity index (χ0) is 27.0. The van der Waals surface area contributed by atoms with Gasteiger partial charge in [0.1, 0.15) is 12.2 Å². The summed E-state index contributed by atoms with van der Waals surface area (Å²) in [6, 6.07) is 6.30. The van der Waals surface area contributed by atoms with Crippen LogP contribution in [0.25, 0.3) is 16.6 Å². The van der Waals surface area contributed by atoms with E-state index in [-0.39, 0.29) is 19.2 Å². The van der Waals surface area contributed by atoms with Gasteiger partial charge in [-0.25, -0.2) is 9.31 Å². The lowest BCUT2D eigenvalue weighted by atomic mass is 9.95. The molecule has 0 saturated heterocycles. The van der Waals surface area contributed by atoms with Gasteiger partial charge in [0.05, 0.1) is 24.4 Å². The first-order valence-corrected chi connectivity index (χ1v) is 13.0. The molecule has 3 heterocycles. The molecule has 0 N–H and O–H groups in total. The van der Waals surface area contributed by atoms with E-state index in [4.69, 9.17) is 19.3 Å². The normalized spacial score (nSPS) is 11.6. The first kappa shape index (κ1) is 28.3. The van der Waals surface area contributed by atoms with Crippen molar-refractivity contribution in [3.8, 4) is 11.1 Å². The van der Waals surface area contributed by atoms with Crippen molar-refractivity contribution in [3.63, 3.8) is 0 Å². The van der Waals surface area contributed by atoms with Crippen LogP contribution in [0.1, 0.15) is 76.4 Å². The summed E-state index contributed by atoms with van der Waals surface area (Å²) in [5.41, 5.74) is 6.42. The van der Waals surface area contributed by atoms with E-state index in [1.807, 2.05) is 51.5 Å². The highest BCUT2D eigenvalue weighted by atomic mass is 16.6. The topological polar surface area (TPSA) is 92.0 Å². The number of esters is 2. The molecule has 0 unspecified atom stereocenters. The zero-order valence-electron chi connectivity index (χ0n) is 22.9. The van der Waals surface area contributed by atoms with Gasteiger partial charge in [-0.3, -0.25) is 9.78 Å². The van der Waals surface area contributed by atoms with Crippen LogP contribution in [-0.4, -0.2) is 45.4 Å². The van der Waals surface area contributed by atoms with Gasteiger partial charge in [-0.2, -0.15) is 5.10 Å². The Hall–Kier alpha value is -3.26. The van der Waals surface area contributed by atoms with Crippen LogP contribution >= 0.6 is 0 Å². The van der Waals surface area contributed by atoms with Crippen molar-refractivity contribution in [2.45, 2.75) is 85.9 Å². The van der Waals surface area contributed by atoms with E-state index in [0.717, 1.165) is 52.0 Å². The van der Waals surface area contributed by atoms with E-state index in [2.05, 4.69) is 30.1 Å². The molecule has 0 spiro atoms. The van der Waals surface area contributed by atoms with Crippen molar-refractivity contribution in [1.29, 1.82) is 0 Å². The lowest BCUT2D eigenvalue weighted by molar-refractivity contribution is -0.160. The molecule has 3 aromatic heterocycles. The molecule has 0 amide bonds. The lowest BCUT2D eigenvalue weighted by Crippen LogP contribution is -2.26. The predicted molar refractivity (Wildman–Crippen MR) is 142 cm³/mol. The van der Waals surface area contributed by atoms with Gasteiger partial charge in [-0.05, 0) is 89.6 Å². The minimum Gasteiger partial charge on any atom is -0.466 e. The maximum atomic E-state index is 12.2. The first-order valence-electron chi connectivity index (χ1n) is 13.0. The lowest BCUT2D eigenvalue weighted by Gasteiger charge is -2.20. The molecule has 8 nitrogen and oxygen atoms in total. The monoisotopic (exact) mass is 509 g/mol. The molecule has 8 heteroatoms. The van der Waals surface area contributed by atoms with Crippen molar-refractivity contribution < 1.29 is 23.8 Å². The van der Waals surface area contributed by atoms with Crippen LogP contribution in [0.4, 0.5) is 0 Å². The molecule has 0 aromatic carbocycles. The summed E-state index contributed by atoms with van der Waals surface area (Å²) in [7, 11) is 0. The highest BCUT2D eigenvalue weighted by Gasteiger charge is 2.21. The number of nitrogens with zero attached hydrogens (tertiary/aromatic N) is 3. The first-order chi connectivity index (χ1) is 17.6. The number of hydrogen-bond donors (Lipinski definition) is 0. The van der Waals surface area contributed by atoms with Crippen LogP contribution < -0.4 is 0 Å². The molecule has 37 heavy (non-hydrogen) atoms. The SMILES string of the molecule is CCOC(=O)CCCCc1c(COCC(=O)OC(C)(C)C)nn2c(CC)ccc2c1-c1cncc(C)c1. The van der Waals surface area contributed by atoms with Gasteiger partial charge >= 0.3 is 11.9 Å². The fourth-order valence-corrected chi connectivity index (χ4v) is 4.33. The average Bonchev–Trinajstić information content (AvgIpc) is 3.23. The molecule has 0 saturated carbocycles. The Balaban J connectivity index is 1.98. The van der Waals surface area contributed by atoms with Crippen LogP contribution in [0.15, 0.2) is 30.6 Å². The third-order valence-corrected chi connectivity index (χ3v) is 5.83. The molecule has 0 aliphatic heterocycles. The third kappa shape index (κ3) is 7.86. The van der Waals surface area contributed by atoms with Gasteiger partial charge < -0.3 is 14.2 Å². The summed E-state index contributed by atoms with van der Waals surface area (Å²) < 4.78 is 18.2. The molecule has 0 aliphatic rings. The Bertz CT molecular complexity index is 1230. The average molecular weight is 510 g/mol. The highest BCUT2D eigenvalue weighted by Crippen LogP contribution is 2.33.